The van der Waals surface area contributed by atoms with Crippen molar-refractivity contribution >= 4 is 50.9 Å². The van der Waals surface area contributed by atoms with Crippen LogP contribution in [-0.2, 0) is 10.2 Å². The van der Waals surface area contributed by atoms with Gasteiger partial charge in [-0.25, -0.2) is 0 Å². The lowest BCUT2D eigenvalue weighted by atomic mass is 10.1. The van der Waals surface area contributed by atoms with Crippen molar-refractivity contribution in [3.63, 3.8) is 0 Å². The van der Waals surface area contributed by atoms with Gasteiger partial charge in [-0.2, -0.15) is 8.78 Å². The Morgan fingerprint density at radius 2 is 2.15 bits per heavy atom. The minimum Gasteiger partial charge on any atom is -0.348 e. The molecule has 1 aromatic carbocycles. The summed E-state index contributed by atoms with van der Waals surface area (Å²) in [4.78, 5) is 31.8. The first-order valence-corrected chi connectivity index (χ1v) is 11.4. The maximum atomic E-state index is 14.1. The van der Waals surface area contributed by atoms with Crippen molar-refractivity contribution in [1.29, 1.82) is 0 Å². The van der Waals surface area contributed by atoms with Crippen molar-refractivity contribution in [3.8, 4) is 0 Å². The number of likely N-dealkylation sites (tertiary alicyclic amines) is 1. The summed E-state index contributed by atoms with van der Waals surface area (Å²) in [6.07, 6.45) is 1.86. The maximum absolute atomic E-state index is 14.1. The first-order valence-electron chi connectivity index (χ1n) is 8.16. The van der Waals surface area contributed by atoms with E-state index in [0.29, 0.717) is 27.0 Å². The van der Waals surface area contributed by atoms with Crippen LogP contribution in [-0.4, -0.2) is 46.8 Å². The van der Waals surface area contributed by atoms with E-state index in [-0.39, 0.29) is 16.4 Å². The third-order valence-electron chi connectivity index (χ3n) is 4.49. The fourth-order valence-electron chi connectivity index (χ4n) is 3.09. The van der Waals surface area contributed by atoms with E-state index in [0.717, 1.165) is 25.9 Å². The second-order valence-electron chi connectivity index (χ2n) is 6.62. The zero-order chi connectivity index (χ0) is 20.0. The number of rotatable bonds is 4. The molecular weight excluding hydrogens is 465 g/mol. The summed E-state index contributed by atoms with van der Waals surface area (Å²) in [6.45, 7) is 1.73. The molecule has 2 heterocycles. The topological polar surface area (TPSA) is 89.9 Å². The van der Waals surface area contributed by atoms with Crippen LogP contribution in [0.2, 0.25) is 0 Å². The molecule has 11 heteroatoms. The molecule has 6 nitrogen and oxygen atoms in total. The third-order valence-corrected chi connectivity index (χ3v) is 7.92. The number of carbonyl (C=O) groups is 1. The quantitative estimate of drug-likeness (QED) is 0.578. The fourth-order valence-corrected chi connectivity index (χ4v) is 6.01. The number of thiophene rings is 1. The lowest BCUT2D eigenvalue weighted by Crippen LogP contribution is -2.46. The molecule has 0 radical (unpaired) electrons. The van der Waals surface area contributed by atoms with E-state index in [4.69, 9.17) is 9.79 Å². The zero-order valence-corrected chi connectivity index (χ0v) is 17.6. The van der Waals surface area contributed by atoms with Crippen molar-refractivity contribution in [1.82, 2.24) is 10.2 Å². The number of halogens is 3. The van der Waals surface area contributed by atoms with Crippen LogP contribution in [0.1, 0.15) is 28.1 Å². The molecule has 1 saturated heterocycles. The zero-order valence-electron chi connectivity index (χ0n) is 14.3. The summed E-state index contributed by atoms with van der Waals surface area (Å²) in [5.41, 5.74) is -4.00. The molecular formula is C16H18BrF2N2O4PS. The Hall–Kier alpha value is -0.900. The second kappa shape index (κ2) is 7.50. The Bertz CT molecular complexity index is 933. The van der Waals surface area contributed by atoms with Crippen molar-refractivity contribution in [3.05, 3.63) is 33.1 Å². The molecule has 1 aliphatic heterocycles. The number of fused-ring (bicyclic) bond motifs is 1. The van der Waals surface area contributed by atoms with Gasteiger partial charge in [-0.1, -0.05) is 0 Å². The molecule has 3 N–H and O–H groups in total. The van der Waals surface area contributed by atoms with Gasteiger partial charge in [0.15, 0.2) is 0 Å². The van der Waals surface area contributed by atoms with Gasteiger partial charge in [-0.15, -0.1) is 11.3 Å². The number of nitrogens with zero attached hydrogens (tertiary/aromatic N) is 1. The van der Waals surface area contributed by atoms with Gasteiger partial charge in [-0.3, -0.25) is 9.36 Å². The molecule has 1 fully saturated rings. The van der Waals surface area contributed by atoms with E-state index in [9.17, 15) is 18.1 Å². The number of hydrogen-bond acceptors (Lipinski definition) is 4. The van der Waals surface area contributed by atoms with Crippen LogP contribution < -0.4 is 5.32 Å². The number of amides is 1. The number of piperidine rings is 1. The first kappa shape index (κ1) is 20.8. The highest BCUT2D eigenvalue weighted by atomic mass is 79.9. The average Bonchev–Trinajstić information content (AvgIpc) is 2.91. The molecule has 1 amide bonds. The van der Waals surface area contributed by atoms with Gasteiger partial charge in [0, 0.05) is 32.7 Å². The Labute approximate surface area is 166 Å². The Kier molecular flexibility index (Phi) is 5.78. The van der Waals surface area contributed by atoms with E-state index >= 15 is 0 Å². The molecule has 0 bridgehead atoms. The molecule has 0 saturated carbocycles. The van der Waals surface area contributed by atoms with Gasteiger partial charge < -0.3 is 20.0 Å². The predicted molar refractivity (Wildman–Crippen MR) is 103 cm³/mol. The van der Waals surface area contributed by atoms with E-state index in [1.165, 1.54) is 18.2 Å². The Morgan fingerprint density at radius 3 is 2.78 bits per heavy atom. The van der Waals surface area contributed by atoms with Gasteiger partial charge in [0.2, 0.25) is 0 Å². The fraction of sp³-hybridized carbons (Fsp3) is 0.438. The molecule has 2 aromatic rings. The first-order chi connectivity index (χ1) is 12.5. The van der Waals surface area contributed by atoms with Crippen LogP contribution >= 0.6 is 34.9 Å². The predicted octanol–water partition coefficient (Wildman–Crippen LogP) is 3.71. The van der Waals surface area contributed by atoms with Crippen molar-refractivity contribution in [2.24, 2.45) is 0 Å². The summed E-state index contributed by atoms with van der Waals surface area (Å²) in [5, 5.41) is 3.26. The molecule has 3 rings (SSSR count). The highest BCUT2D eigenvalue weighted by Gasteiger charge is 2.53. The SMILES string of the molecule is CN1CCCC(NC(=O)c2ccc3sc(C(F)(F)P(=O)(O)O)c(Br)c3c2)C1. The van der Waals surface area contributed by atoms with E-state index < -0.39 is 18.1 Å². The molecule has 1 aromatic heterocycles. The van der Waals surface area contributed by atoms with Crippen LogP contribution in [0.25, 0.3) is 10.1 Å². The monoisotopic (exact) mass is 482 g/mol. The highest BCUT2D eigenvalue weighted by Crippen LogP contribution is 2.62. The standard InChI is InChI=1S/C16H18BrF2N2O4PS/c1-21-6-2-3-10(8-21)20-15(22)9-4-5-12-11(7-9)13(17)14(27-12)16(18,19)26(23,24)25/h4-5,7,10H,2-3,6,8H2,1H3,(H,20,22)(H2,23,24,25). The van der Waals surface area contributed by atoms with E-state index in [1.54, 1.807) is 0 Å². The Morgan fingerprint density at radius 1 is 1.44 bits per heavy atom. The van der Waals surface area contributed by atoms with Crippen LogP contribution in [0, 0.1) is 0 Å². The number of likely N-dealkylation sites (N-methyl/N-ethyl adjacent to an activating group) is 1. The third kappa shape index (κ3) is 4.11. The lowest BCUT2D eigenvalue weighted by molar-refractivity contribution is 0.0595. The molecule has 1 atom stereocenters. The summed E-state index contributed by atoms with van der Waals surface area (Å²) in [7, 11) is -3.69. The summed E-state index contributed by atoms with van der Waals surface area (Å²) in [5.74, 6) is -0.307. The average molecular weight is 483 g/mol. The van der Waals surface area contributed by atoms with E-state index in [2.05, 4.69) is 26.1 Å². The number of alkyl halides is 2. The normalized spacial score (nSPS) is 19.4. The van der Waals surface area contributed by atoms with Crippen molar-refractivity contribution in [2.75, 3.05) is 20.1 Å². The van der Waals surface area contributed by atoms with Crippen LogP contribution in [0.15, 0.2) is 22.7 Å². The molecule has 0 spiro atoms. The van der Waals surface area contributed by atoms with Crippen LogP contribution in [0.5, 0.6) is 0 Å². The maximum Gasteiger partial charge on any atom is 0.400 e. The van der Waals surface area contributed by atoms with Crippen LogP contribution in [0.3, 0.4) is 0 Å². The summed E-state index contributed by atoms with van der Waals surface area (Å²) >= 11 is 3.61. The number of carbonyl (C=O) groups excluding carboxylic acids is 1. The summed E-state index contributed by atoms with van der Waals surface area (Å²) < 4.78 is 39.7. The largest absolute Gasteiger partial charge is 0.400 e. The van der Waals surface area contributed by atoms with Crippen molar-refractivity contribution in [2.45, 2.75) is 24.5 Å². The van der Waals surface area contributed by atoms with E-state index in [1.807, 2.05) is 7.05 Å². The van der Waals surface area contributed by atoms with Gasteiger partial charge >= 0.3 is 13.3 Å². The second-order valence-corrected chi connectivity index (χ2v) is 10.1. The number of benzene rings is 1. The molecule has 0 aliphatic carbocycles. The van der Waals surface area contributed by atoms with Gasteiger partial charge in [0.05, 0.1) is 0 Å². The minimum atomic E-state index is -5.67. The van der Waals surface area contributed by atoms with Crippen molar-refractivity contribution < 1.29 is 27.9 Å². The molecule has 27 heavy (non-hydrogen) atoms. The lowest BCUT2D eigenvalue weighted by Gasteiger charge is -2.30. The molecule has 148 valence electrons. The number of nitrogens with one attached hydrogen (secondary N) is 1. The van der Waals surface area contributed by atoms with Gasteiger partial charge in [-0.05, 0) is 60.6 Å². The minimum absolute atomic E-state index is 0.0208. The smallest absolute Gasteiger partial charge is 0.348 e. The molecule has 1 aliphatic rings. The summed E-state index contributed by atoms with van der Waals surface area (Å²) in [6, 6.07) is 4.50. The van der Waals surface area contributed by atoms with Gasteiger partial charge in [0.25, 0.3) is 5.91 Å². The van der Waals surface area contributed by atoms with Crippen LogP contribution in [0.4, 0.5) is 8.78 Å². The Balaban J connectivity index is 1.90. The molecule has 1 unspecified atom stereocenters. The number of hydrogen-bond donors (Lipinski definition) is 3. The van der Waals surface area contributed by atoms with Gasteiger partial charge in [0.1, 0.15) is 4.88 Å². The highest BCUT2D eigenvalue weighted by molar-refractivity contribution is 9.10.